The van der Waals surface area contributed by atoms with Gasteiger partial charge in [-0.15, -0.1) is 0 Å². The maximum atomic E-state index is 13.0. The molecule has 0 unspecified atom stereocenters. The summed E-state index contributed by atoms with van der Waals surface area (Å²) >= 11 is 1.30. The van der Waals surface area contributed by atoms with Gasteiger partial charge in [0.05, 0.1) is 0 Å². The standard InChI is InChI=1S/C24H28N6O3S/c1-14-4-3-5-18(15(14)2)27-19(31)12-30-13-25-21-20(23(30)33)34-24(28-21)29-10-8-16(9-11-29)22(32)26-17-6-7-17/h3-5,13,16-17H,6-12H2,1-2H3,(H,26,32)(H,27,31). The zero-order valence-electron chi connectivity index (χ0n) is 19.3. The van der Waals surface area contributed by atoms with Crippen LogP contribution in [-0.4, -0.2) is 45.5 Å². The molecule has 2 amide bonds. The highest BCUT2D eigenvalue weighted by Crippen LogP contribution is 2.30. The van der Waals surface area contributed by atoms with Crippen molar-refractivity contribution in [2.75, 3.05) is 23.3 Å². The number of piperidine rings is 1. The average Bonchev–Trinajstić information content (AvgIpc) is 3.53. The molecule has 0 spiro atoms. The summed E-state index contributed by atoms with van der Waals surface area (Å²) in [5.74, 6) is -0.0829. The maximum Gasteiger partial charge on any atom is 0.273 e. The van der Waals surface area contributed by atoms with Crippen LogP contribution in [0.3, 0.4) is 0 Å². The predicted octanol–water partition coefficient (Wildman–Crippen LogP) is 2.60. The number of anilines is 2. The zero-order valence-corrected chi connectivity index (χ0v) is 20.2. The van der Waals surface area contributed by atoms with Crippen molar-refractivity contribution < 1.29 is 9.59 Å². The van der Waals surface area contributed by atoms with Crippen molar-refractivity contribution in [3.8, 4) is 0 Å². The molecule has 1 aliphatic heterocycles. The van der Waals surface area contributed by atoms with E-state index in [0.29, 0.717) is 16.4 Å². The summed E-state index contributed by atoms with van der Waals surface area (Å²) in [4.78, 5) is 48.9. The smallest absolute Gasteiger partial charge is 0.273 e. The number of hydrogen-bond acceptors (Lipinski definition) is 7. The van der Waals surface area contributed by atoms with Gasteiger partial charge in [-0.1, -0.05) is 23.5 Å². The van der Waals surface area contributed by atoms with Crippen LogP contribution in [0.5, 0.6) is 0 Å². The Kier molecular flexibility index (Phi) is 6.07. The number of fused-ring (bicyclic) bond motifs is 1. The van der Waals surface area contributed by atoms with Crippen LogP contribution in [0, 0.1) is 19.8 Å². The van der Waals surface area contributed by atoms with Crippen molar-refractivity contribution in [2.24, 2.45) is 5.92 Å². The molecule has 5 rings (SSSR count). The van der Waals surface area contributed by atoms with Crippen LogP contribution in [0.2, 0.25) is 0 Å². The normalized spacial score (nSPS) is 16.6. The lowest BCUT2D eigenvalue weighted by Crippen LogP contribution is -2.41. The second-order valence-corrected chi connectivity index (χ2v) is 10.1. The fourth-order valence-corrected chi connectivity index (χ4v) is 5.21. The van der Waals surface area contributed by atoms with Gasteiger partial charge >= 0.3 is 0 Å². The number of aromatic nitrogens is 3. The molecule has 1 aliphatic carbocycles. The molecule has 9 nitrogen and oxygen atoms in total. The quantitative estimate of drug-likeness (QED) is 0.561. The molecule has 0 radical (unpaired) electrons. The van der Waals surface area contributed by atoms with Crippen LogP contribution in [0.15, 0.2) is 29.3 Å². The molecular formula is C24H28N6O3S. The van der Waals surface area contributed by atoms with Gasteiger partial charge in [0, 0.05) is 30.7 Å². The molecule has 3 heterocycles. The molecule has 1 aromatic carbocycles. The van der Waals surface area contributed by atoms with E-state index in [1.807, 2.05) is 32.0 Å². The second kappa shape index (κ2) is 9.17. The van der Waals surface area contributed by atoms with E-state index in [1.54, 1.807) is 0 Å². The fourth-order valence-electron chi connectivity index (χ4n) is 4.19. The van der Waals surface area contributed by atoms with E-state index in [0.717, 1.165) is 60.7 Å². The molecule has 34 heavy (non-hydrogen) atoms. The largest absolute Gasteiger partial charge is 0.353 e. The third-order valence-corrected chi connectivity index (χ3v) is 7.72. The van der Waals surface area contributed by atoms with Gasteiger partial charge in [0.15, 0.2) is 10.8 Å². The van der Waals surface area contributed by atoms with Crippen molar-refractivity contribution >= 4 is 44.3 Å². The van der Waals surface area contributed by atoms with E-state index in [9.17, 15) is 14.4 Å². The predicted molar refractivity (Wildman–Crippen MR) is 132 cm³/mol. The van der Waals surface area contributed by atoms with E-state index < -0.39 is 0 Å². The number of carbonyl (C=O) groups excluding carboxylic acids is 2. The average molecular weight is 481 g/mol. The summed E-state index contributed by atoms with van der Waals surface area (Å²) in [6, 6.07) is 6.10. The third kappa shape index (κ3) is 4.68. The molecule has 2 fully saturated rings. The minimum atomic E-state index is -0.284. The van der Waals surface area contributed by atoms with Gasteiger partial charge in [-0.05, 0) is 56.7 Å². The van der Waals surface area contributed by atoms with Gasteiger partial charge in [-0.2, -0.15) is 4.98 Å². The monoisotopic (exact) mass is 480 g/mol. The minimum absolute atomic E-state index is 0.0390. The van der Waals surface area contributed by atoms with Crippen LogP contribution >= 0.6 is 11.3 Å². The summed E-state index contributed by atoms with van der Waals surface area (Å²) < 4.78 is 1.75. The van der Waals surface area contributed by atoms with Gasteiger partial charge in [0.1, 0.15) is 17.6 Å². The highest BCUT2D eigenvalue weighted by molar-refractivity contribution is 7.22. The molecule has 1 saturated heterocycles. The van der Waals surface area contributed by atoms with E-state index in [2.05, 4.69) is 25.5 Å². The molecular weight excluding hydrogens is 452 g/mol. The summed E-state index contributed by atoms with van der Waals surface area (Å²) in [6.45, 7) is 5.25. The highest BCUT2D eigenvalue weighted by atomic mass is 32.1. The Bertz CT molecular complexity index is 1300. The second-order valence-electron chi connectivity index (χ2n) is 9.17. The van der Waals surface area contributed by atoms with Crippen molar-refractivity contribution in [1.82, 2.24) is 19.9 Å². The van der Waals surface area contributed by atoms with Crippen molar-refractivity contribution in [3.05, 3.63) is 46.0 Å². The number of nitrogens with zero attached hydrogens (tertiary/aromatic N) is 4. The lowest BCUT2D eigenvalue weighted by molar-refractivity contribution is -0.125. The topological polar surface area (TPSA) is 109 Å². The van der Waals surface area contributed by atoms with Crippen molar-refractivity contribution in [3.63, 3.8) is 0 Å². The summed E-state index contributed by atoms with van der Waals surface area (Å²) in [6.07, 6.45) is 5.10. The third-order valence-electron chi connectivity index (χ3n) is 6.63. The number of nitrogens with one attached hydrogen (secondary N) is 2. The first-order chi connectivity index (χ1) is 16.4. The van der Waals surface area contributed by atoms with E-state index in [-0.39, 0.29) is 29.8 Å². The molecule has 2 aliphatic rings. The van der Waals surface area contributed by atoms with Gasteiger partial charge in [0.2, 0.25) is 11.8 Å². The zero-order chi connectivity index (χ0) is 23.8. The van der Waals surface area contributed by atoms with Gasteiger partial charge in [-0.3, -0.25) is 19.0 Å². The van der Waals surface area contributed by atoms with Crippen LogP contribution < -0.4 is 21.1 Å². The molecule has 0 bridgehead atoms. The number of benzene rings is 1. The first-order valence-electron chi connectivity index (χ1n) is 11.7. The van der Waals surface area contributed by atoms with E-state index in [1.165, 1.54) is 22.2 Å². The number of carbonyl (C=O) groups is 2. The van der Waals surface area contributed by atoms with Crippen LogP contribution in [0.1, 0.15) is 36.8 Å². The maximum absolute atomic E-state index is 13.0. The highest BCUT2D eigenvalue weighted by Gasteiger charge is 2.30. The SMILES string of the molecule is Cc1cccc(NC(=O)Cn2cnc3nc(N4CCC(C(=O)NC5CC5)CC4)sc3c2=O)c1C. The molecule has 178 valence electrons. The molecule has 3 aromatic rings. The summed E-state index contributed by atoms with van der Waals surface area (Å²) in [5.41, 5.74) is 2.94. The Morgan fingerprint density at radius 2 is 1.91 bits per heavy atom. The Morgan fingerprint density at radius 3 is 2.65 bits per heavy atom. The number of rotatable bonds is 6. The molecule has 0 atom stereocenters. The van der Waals surface area contributed by atoms with E-state index >= 15 is 0 Å². The molecule has 1 saturated carbocycles. The molecule has 10 heteroatoms. The fraction of sp³-hybridized carbons (Fsp3) is 0.458. The van der Waals surface area contributed by atoms with Crippen molar-refractivity contribution in [1.29, 1.82) is 0 Å². The first kappa shape index (κ1) is 22.5. The van der Waals surface area contributed by atoms with Crippen molar-refractivity contribution in [2.45, 2.75) is 52.1 Å². The molecule has 2 aromatic heterocycles. The Morgan fingerprint density at radius 1 is 1.15 bits per heavy atom. The van der Waals surface area contributed by atoms with Crippen LogP contribution in [-0.2, 0) is 16.1 Å². The van der Waals surface area contributed by atoms with Crippen LogP contribution in [0.25, 0.3) is 10.3 Å². The summed E-state index contributed by atoms with van der Waals surface area (Å²) in [5, 5.41) is 6.71. The van der Waals surface area contributed by atoms with Gasteiger partial charge in [-0.25, -0.2) is 4.98 Å². The lowest BCUT2D eigenvalue weighted by atomic mass is 9.96. The Balaban J connectivity index is 1.26. The number of aryl methyl sites for hydroxylation is 1. The number of thiazole rings is 1. The Hall–Kier alpha value is -3.27. The Labute approximate surface area is 201 Å². The van der Waals surface area contributed by atoms with Gasteiger partial charge < -0.3 is 15.5 Å². The lowest BCUT2D eigenvalue weighted by Gasteiger charge is -2.30. The minimum Gasteiger partial charge on any atom is -0.353 e. The van der Waals surface area contributed by atoms with Gasteiger partial charge in [0.25, 0.3) is 5.56 Å². The first-order valence-corrected chi connectivity index (χ1v) is 12.5. The number of hydrogen-bond donors (Lipinski definition) is 2. The number of amides is 2. The summed E-state index contributed by atoms with van der Waals surface area (Å²) in [7, 11) is 0. The van der Waals surface area contributed by atoms with E-state index in [4.69, 9.17) is 0 Å². The van der Waals surface area contributed by atoms with Crippen LogP contribution in [0.4, 0.5) is 10.8 Å². The molecule has 2 N–H and O–H groups in total.